The molecule has 104 valence electrons. The SMILES string of the molecule is O=C(O)Cc1ccc(COc2ccc(F)c(Cl)c2)cc1. The summed E-state index contributed by atoms with van der Waals surface area (Å²) >= 11 is 5.65. The molecule has 0 bridgehead atoms. The van der Waals surface area contributed by atoms with E-state index in [1.54, 1.807) is 24.3 Å². The average molecular weight is 295 g/mol. The molecule has 0 spiro atoms. The highest BCUT2D eigenvalue weighted by Crippen LogP contribution is 2.22. The van der Waals surface area contributed by atoms with Crippen LogP contribution in [0.2, 0.25) is 5.02 Å². The van der Waals surface area contributed by atoms with Crippen LogP contribution in [0.3, 0.4) is 0 Å². The second-order valence-corrected chi connectivity index (χ2v) is 4.66. The Kier molecular flexibility index (Phi) is 4.58. The lowest BCUT2D eigenvalue weighted by Gasteiger charge is -2.07. The van der Waals surface area contributed by atoms with Crippen molar-refractivity contribution in [1.29, 1.82) is 0 Å². The van der Waals surface area contributed by atoms with Gasteiger partial charge < -0.3 is 9.84 Å². The monoisotopic (exact) mass is 294 g/mol. The quantitative estimate of drug-likeness (QED) is 0.915. The number of ether oxygens (including phenoxy) is 1. The first-order valence-corrected chi connectivity index (χ1v) is 6.30. The highest BCUT2D eigenvalue weighted by molar-refractivity contribution is 6.30. The standard InChI is InChI=1S/C15H12ClFO3/c16-13-8-12(5-6-14(13)17)20-9-11-3-1-10(2-4-11)7-15(18)19/h1-6,8H,7,9H2,(H,18,19). The van der Waals surface area contributed by atoms with Crippen molar-refractivity contribution in [3.05, 3.63) is 64.4 Å². The zero-order valence-corrected chi connectivity index (χ0v) is 11.2. The van der Waals surface area contributed by atoms with Gasteiger partial charge in [0.05, 0.1) is 11.4 Å². The van der Waals surface area contributed by atoms with E-state index in [1.807, 2.05) is 0 Å². The van der Waals surface area contributed by atoms with Crippen molar-refractivity contribution in [3.8, 4) is 5.75 Å². The van der Waals surface area contributed by atoms with Gasteiger partial charge in [-0.2, -0.15) is 0 Å². The van der Waals surface area contributed by atoms with E-state index in [0.29, 0.717) is 12.4 Å². The Morgan fingerprint density at radius 1 is 1.15 bits per heavy atom. The van der Waals surface area contributed by atoms with E-state index in [9.17, 15) is 9.18 Å². The average Bonchev–Trinajstić information content (AvgIpc) is 2.41. The summed E-state index contributed by atoms with van der Waals surface area (Å²) in [5.41, 5.74) is 1.62. The van der Waals surface area contributed by atoms with Gasteiger partial charge in [-0.1, -0.05) is 35.9 Å². The first kappa shape index (κ1) is 14.3. The molecular weight excluding hydrogens is 283 g/mol. The summed E-state index contributed by atoms with van der Waals surface area (Å²) in [6.07, 6.45) is -0.00525. The van der Waals surface area contributed by atoms with Gasteiger partial charge in [0.25, 0.3) is 0 Å². The molecule has 0 saturated heterocycles. The van der Waals surface area contributed by atoms with E-state index in [4.69, 9.17) is 21.4 Å². The van der Waals surface area contributed by atoms with Gasteiger partial charge in [-0.25, -0.2) is 4.39 Å². The number of aliphatic carboxylic acids is 1. The van der Waals surface area contributed by atoms with Crippen LogP contribution in [0.15, 0.2) is 42.5 Å². The Bertz CT molecular complexity index is 611. The number of halogens is 2. The third kappa shape index (κ3) is 3.96. The number of hydrogen-bond acceptors (Lipinski definition) is 2. The molecule has 0 aromatic heterocycles. The van der Waals surface area contributed by atoms with E-state index in [-0.39, 0.29) is 11.4 Å². The molecule has 3 nitrogen and oxygen atoms in total. The van der Waals surface area contributed by atoms with Crippen LogP contribution in [-0.4, -0.2) is 11.1 Å². The molecule has 0 unspecified atom stereocenters. The minimum absolute atomic E-state index is 0.00525. The molecule has 0 fully saturated rings. The Morgan fingerprint density at radius 3 is 2.40 bits per heavy atom. The van der Waals surface area contributed by atoms with Gasteiger partial charge in [0.1, 0.15) is 18.2 Å². The fourth-order valence-electron chi connectivity index (χ4n) is 1.66. The van der Waals surface area contributed by atoms with E-state index in [1.165, 1.54) is 18.2 Å². The van der Waals surface area contributed by atoms with Gasteiger partial charge >= 0.3 is 5.97 Å². The minimum atomic E-state index is -0.866. The summed E-state index contributed by atoms with van der Waals surface area (Å²) in [6, 6.07) is 11.2. The molecule has 2 aromatic carbocycles. The summed E-state index contributed by atoms with van der Waals surface area (Å²) in [5, 5.41) is 8.68. The largest absolute Gasteiger partial charge is 0.489 e. The molecule has 2 aromatic rings. The zero-order valence-electron chi connectivity index (χ0n) is 10.5. The smallest absolute Gasteiger partial charge is 0.307 e. The van der Waals surface area contributed by atoms with Crippen LogP contribution in [0.4, 0.5) is 4.39 Å². The fraction of sp³-hybridized carbons (Fsp3) is 0.133. The number of hydrogen-bond donors (Lipinski definition) is 1. The normalized spacial score (nSPS) is 10.3. The predicted octanol–water partition coefficient (Wildman–Crippen LogP) is 3.69. The molecule has 0 radical (unpaired) electrons. The highest BCUT2D eigenvalue weighted by Gasteiger charge is 2.03. The lowest BCUT2D eigenvalue weighted by atomic mass is 10.1. The van der Waals surface area contributed by atoms with Crippen molar-refractivity contribution in [2.45, 2.75) is 13.0 Å². The van der Waals surface area contributed by atoms with Crippen molar-refractivity contribution in [2.75, 3.05) is 0 Å². The van der Waals surface area contributed by atoms with Crippen molar-refractivity contribution >= 4 is 17.6 Å². The summed E-state index contributed by atoms with van der Waals surface area (Å²) < 4.78 is 18.5. The second-order valence-electron chi connectivity index (χ2n) is 4.25. The third-order valence-electron chi connectivity index (χ3n) is 2.67. The summed E-state index contributed by atoms with van der Waals surface area (Å²) in [5.74, 6) is -0.877. The van der Waals surface area contributed by atoms with E-state index < -0.39 is 11.8 Å². The molecule has 20 heavy (non-hydrogen) atoms. The Morgan fingerprint density at radius 2 is 1.80 bits per heavy atom. The van der Waals surface area contributed by atoms with Crippen molar-refractivity contribution < 1.29 is 19.0 Å². The molecule has 0 amide bonds. The molecule has 0 aliphatic heterocycles. The maximum absolute atomic E-state index is 13.0. The lowest BCUT2D eigenvalue weighted by molar-refractivity contribution is -0.136. The van der Waals surface area contributed by atoms with Crippen LogP contribution in [0.5, 0.6) is 5.75 Å². The van der Waals surface area contributed by atoms with Crippen molar-refractivity contribution in [2.24, 2.45) is 0 Å². The van der Waals surface area contributed by atoms with Crippen molar-refractivity contribution in [1.82, 2.24) is 0 Å². The number of carboxylic acids is 1. The van der Waals surface area contributed by atoms with Crippen LogP contribution >= 0.6 is 11.6 Å². The molecule has 0 atom stereocenters. The molecule has 0 aliphatic carbocycles. The number of rotatable bonds is 5. The van der Waals surface area contributed by atoms with E-state index in [0.717, 1.165) is 11.1 Å². The predicted molar refractivity (Wildman–Crippen MR) is 73.5 cm³/mol. The van der Waals surface area contributed by atoms with Gasteiger partial charge in [0, 0.05) is 6.07 Å². The van der Waals surface area contributed by atoms with Crippen LogP contribution < -0.4 is 4.74 Å². The summed E-state index contributed by atoms with van der Waals surface area (Å²) in [6.45, 7) is 0.301. The maximum atomic E-state index is 13.0. The molecule has 0 heterocycles. The summed E-state index contributed by atoms with van der Waals surface area (Å²) in [7, 11) is 0. The molecule has 0 saturated carbocycles. The first-order valence-electron chi connectivity index (χ1n) is 5.92. The number of carboxylic acid groups (broad SMARTS) is 1. The van der Waals surface area contributed by atoms with Gasteiger partial charge in [-0.05, 0) is 23.3 Å². The number of carbonyl (C=O) groups is 1. The van der Waals surface area contributed by atoms with Crippen LogP contribution in [-0.2, 0) is 17.8 Å². The lowest BCUT2D eigenvalue weighted by Crippen LogP contribution is -2.00. The molecule has 1 N–H and O–H groups in total. The number of benzene rings is 2. The second kappa shape index (κ2) is 6.39. The van der Waals surface area contributed by atoms with Gasteiger partial charge in [0.15, 0.2) is 0 Å². The Balaban J connectivity index is 1.96. The van der Waals surface area contributed by atoms with E-state index >= 15 is 0 Å². The zero-order chi connectivity index (χ0) is 14.5. The van der Waals surface area contributed by atoms with Gasteiger partial charge in [-0.3, -0.25) is 4.79 Å². The third-order valence-corrected chi connectivity index (χ3v) is 2.96. The maximum Gasteiger partial charge on any atom is 0.307 e. The Labute approximate surface area is 120 Å². The first-order chi connectivity index (χ1) is 9.54. The molecule has 5 heteroatoms. The van der Waals surface area contributed by atoms with Gasteiger partial charge in [0.2, 0.25) is 0 Å². The minimum Gasteiger partial charge on any atom is -0.489 e. The highest BCUT2D eigenvalue weighted by atomic mass is 35.5. The van der Waals surface area contributed by atoms with E-state index in [2.05, 4.69) is 0 Å². The van der Waals surface area contributed by atoms with Gasteiger partial charge in [-0.15, -0.1) is 0 Å². The molecule has 0 aliphatic rings. The Hall–Kier alpha value is -2.07. The van der Waals surface area contributed by atoms with Crippen LogP contribution in [0.25, 0.3) is 0 Å². The van der Waals surface area contributed by atoms with Crippen molar-refractivity contribution in [3.63, 3.8) is 0 Å². The topological polar surface area (TPSA) is 46.5 Å². The van der Waals surface area contributed by atoms with Crippen LogP contribution in [0.1, 0.15) is 11.1 Å². The molecular formula is C15H12ClFO3. The summed E-state index contributed by atoms with van der Waals surface area (Å²) in [4.78, 5) is 10.6. The molecule has 2 rings (SSSR count). The van der Waals surface area contributed by atoms with Crippen LogP contribution in [0, 0.1) is 5.82 Å². The fourth-order valence-corrected chi connectivity index (χ4v) is 1.83.